The number of amides is 1. The lowest BCUT2D eigenvalue weighted by atomic mass is 10.1. The van der Waals surface area contributed by atoms with Crippen LogP contribution in [-0.2, 0) is 9.59 Å². The molecule has 1 amide bonds. The standard InChI is InChI=1S/C30H33N7O3.C2HF3O2/c1-6-27(38)32-21-8-7-9-23(15-21)37-28(39)14-19(2)24-17-31-30(34-29(24)37)33-25-11-10-22(16-26(25)40-5)36-13-12-35(4)20(3)18-36;3-2(4,5)1(6)7/h6-11,14-17,20H,1,12-13,18H2,2-5H3,(H,32,38)(H,31,33,34);(H,6,7)/t20-;/m0./s1. The number of alkyl halides is 3. The van der Waals surface area contributed by atoms with Crippen LogP contribution in [0, 0.1) is 6.92 Å². The first-order valence-corrected chi connectivity index (χ1v) is 14.4. The number of carbonyl (C=O) groups excluding carboxylic acids is 1. The molecule has 0 radical (unpaired) electrons. The predicted molar refractivity (Wildman–Crippen MR) is 173 cm³/mol. The predicted octanol–water partition coefficient (Wildman–Crippen LogP) is 4.74. The average Bonchev–Trinajstić information content (AvgIpc) is 3.02. The lowest BCUT2D eigenvalue weighted by Gasteiger charge is -2.39. The number of nitrogens with one attached hydrogen (secondary N) is 2. The molecule has 3 heterocycles. The van der Waals surface area contributed by atoms with Crippen LogP contribution < -0.4 is 25.8 Å². The van der Waals surface area contributed by atoms with Gasteiger partial charge in [-0.2, -0.15) is 18.2 Å². The smallest absolute Gasteiger partial charge is 0.490 e. The highest BCUT2D eigenvalue weighted by Crippen LogP contribution is 2.32. The number of aliphatic carboxylic acids is 1. The number of pyridine rings is 1. The summed E-state index contributed by atoms with van der Waals surface area (Å²) in [6.07, 6.45) is -2.19. The number of carbonyl (C=O) groups is 2. The van der Waals surface area contributed by atoms with Gasteiger partial charge in [0.1, 0.15) is 5.75 Å². The fourth-order valence-electron chi connectivity index (χ4n) is 4.86. The quantitative estimate of drug-likeness (QED) is 0.240. The summed E-state index contributed by atoms with van der Waals surface area (Å²) in [6, 6.07) is 15.1. The Morgan fingerprint density at radius 3 is 2.49 bits per heavy atom. The Labute approximate surface area is 268 Å². The molecule has 2 aromatic carbocycles. The number of benzene rings is 2. The molecule has 12 nitrogen and oxygen atoms in total. The number of halogens is 3. The average molecular weight is 654 g/mol. The molecule has 3 N–H and O–H groups in total. The third-order valence-electron chi connectivity index (χ3n) is 7.52. The topological polar surface area (TPSA) is 142 Å². The molecule has 1 fully saturated rings. The summed E-state index contributed by atoms with van der Waals surface area (Å²) in [5.41, 5.74) is 3.86. The van der Waals surface area contributed by atoms with Crippen molar-refractivity contribution in [3.05, 3.63) is 83.3 Å². The van der Waals surface area contributed by atoms with E-state index in [4.69, 9.17) is 19.6 Å². The van der Waals surface area contributed by atoms with Crippen molar-refractivity contribution in [1.82, 2.24) is 19.4 Å². The number of aromatic nitrogens is 3. The number of rotatable bonds is 7. The zero-order valence-electron chi connectivity index (χ0n) is 26.1. The van der Waals surface area contributed by atoms with Crippen LogP contribution in [0.25, 0.3) is 16.7 Å². The van der Waals surface area contributed by atoms with Crippen molar-refractivity contribution < 1.29 is 32.6 Å². The van der Waals surface area contributed by atoms with E-state index >= 15 is 0 Å². The Bertz CT molecular complexity index is 1860. The molecule has 15 heteroatoms. The summed E-state index contributed by atoms with van der Waals surface area (Å²) in [7, 11) is 3.79. The number of anilines is 4. The number of aryl methyl sites for hydroxylation is 1. The second kappa shape index (κ2) is 14.3. The minimum absolute atomic E-state index is 0.245. The molecule has 47 heavy (non-hydrogen) atoms. The Kier molecular flexibility index (Phi) is 10.5. The minimum atomic E-state index is -5.08. The number of nitrogens with zero attached hydrogens (tertiary/aromatic N) is 5. The van der Waals surface area contributed by atoms with Gasteiger partial charge in [-0.25, -0.2) is 9.78 Å². The van der Waals surface area contributed by atoms with Crippen molar-refractivity contribution in [1.29, 1.82) is 0 Å². The van der Waals surface area contributed by atoms with Gasteiger partial charge in [0, 0.05) is 60.8 Å². The third kappa shape index (κ3) is 8.24. The van der Waals surface area contributed by atoms with Gasteiger partial charge < -0.3 is 30.3 Å². The van der Waals surface area contributed by atoms with Crippen molar-refractivity contribution in [2.45, 2.75) is 26.1 Å². The van der Waals surface area contributed by atoms with Gasteiger partial charge in [-0.3, -0.25) is 14.2 Å². The van der Waals surface area contributed by atoms with E-state index in [9.17, 15) is 22.8 Å². The molecule has 0 saturated carbocycles. The summed E-state index contributed by atoms with van der Waals surface area (Å²) < 4.78 is 39.0. The van der Waals surface area contributed by atoms with Crippen LogP contribution in [0.4, 0.5) is 36.2 Å². The maximum absolute atomic E-state index is 13.2. The van der Waals surface area contributed by atoms with Crippen LogP contribution in [0.1, 0.15) is 12.5 Å². The summed E-state index contributed by atoms with van der Waals surface area (Å²) >= 11 is 0. The SMILES string of the molecule is C=CC(=O)Nc1cccc(-n2c(=O)cc(C)c3cnc(Nc4ccc(N5CCN(C)[C@@H](C)C5)cc4OC)nc32)c1.O=C(O)C(F)(F)F. The van der Waals surface area contributed by atoms with E-state index in [0.717, 1.165) is 36.3 Å². The van der Waals surface area contributed by atoms with Gasteiger partial charge in [0.15, 0.2) is 5.65 Å². The molecular formula is C32H34F3N7O5. The van der Waals surface area contributed by atoms with Crippen molar-refractivity contribution in [3.63, 3.8) is 0 Å². The first kappa shape index (κ1) is 34.4. The maximum atomic E-state index is 13.2. The Morgan fingerprint density at radius 1 is 1.13 bits per heavy atom. The van der Waals surface area contributed by atoms with E-state index in [1.54, 1.807) is 43.6 Å². The zero-order valence-corrected chi connectivity index (χ0v) is 26.1. The van der Waals surface area contributed by atoms with E-state index < -0.39 is 12.1 Å². The zero-order chi connectivity index (χ0) is 34.5. The third-order valence-corrected chi connectivity index (χ3v) is 7.52. The number of hydrogen-bond acceptors (Lipinski definition) is 9. The van der Waals surface area contributed by atoms with Crippen molar-refractivity contribution in [2.75, 3.05) is 49.3 Å². The monoisotopic (exact) mass is 653 g/mol. The Balaban J connectivity index is 0.000000644. The molecule has 0 bridgehead atoms. The number of hydrogen-bond donors (Lipinski definition) is 3. The molecule has 1 aliphatic heterocycles. The van der Waals surface area contributed by atoms with Gasteiger partial charge in [0.2, 0.25) is 11.9 Å². The van der Waals surface area contributed by atoms with Gasteiger partial charge in [0.25, 0.3) is 5.56 Å². The molecule has 0 spiro atoms. The molecule has 0 aliphatic carbocycles. The number of likely N-dealkylation sites (N-methyl/N-ethyl adjacent to an activating group) is 1. The summed E-state index contributed by atoms with van der Waals surface area (Å²) in [5.74, 6) is -2.11. The summed E-state index contributed by atoms with van der Waals surface area (Å²) in [6.45, 7) is 10.5. The highest BCUT2D eigenvalue weighted by atomic mass is 19.4. The fourth-order valence-corrected chi connectivity index (χ4v) is 4.86. The second-order valence-electron chi connectivity index (χ2n) is 10.8. The molecule has 4 aromatic rings. The van der Waals surface area contributed by atoms with E-state index in [1.165, 1.54) is 10.6 Å². The first-order valence-electron chi connectivity index (χ1n) is 14.4. The van der Waals surface area contributed by atoms with Gasteiger partial charge in [-0.05, 0) is 62.9 Å². The van der Waals surface area contributed by atoms with Crippen LogP contribution in [0.5, 0.6) is 5.75 Å². The van der Waals surface area contributed by atoms with Gasteiger partial charge in [-0.15, -0.1) is 0 Å². The Hall–Kier alpha value is -5.44. The van der Waals surface area contributed by atoms with E-state index in [0.29, 0.717) is 40.4 Å². The van der Waals surface area contributed by atoms with Gasteiger partial charge in [-0.1, -0.05) is 12.6 Å². The highest BCUT2D eigenvalue weighted by Gasteiger charge is 2.38. The molecule has 0 unspecified atom stereocenters. The van der Waals surface area contributed by atoms with Gasteiger partial charge >= 0.3 is 12.1 Å². The molecule has 1 saturated heterocycles. The summed E-state index contributed by atoms with van der Waals surface area (Å²) in [5, 5.41) is 13.9. The van der Waals surface area contributed by atoms with E-state index in [1.807, 2.05) is 19.1 Å². The normalized spacial score (nSPS) is 15.0. The number of carboxylic acids is 1. The van der Waals surface area contributed by atoms with Crippen LogP contribution in [0.2, 0.25) is 0 Å². The number of piperazine rings is 1. The van der Waals surface area contributed by atoms with Crippen molar-refractivity contribution >= 4 is 45.9 Å². The first-order chi connectivity index (χ1) is 22.2. The molecular weight excluding hydrogens is 619 g/mol. The molecule has 1 atom stereocenters. The van der Waals surface area contributed by atoms with Crippen LogP contribution in [0.15, 0.2) is 72.2 Å². The van der Waals surface area contributed by atoms with Gasteiger partial charge in [0.05, 0.1) is 18.5 Å². The lowest BCUT2D eigenvalue weighted by Crippen LogP contribution is -2.50. The number of methoxy groups -OCH3 is 1. The Morgan fingerprint density at radius 2 is 1.85 bits per heavy atom. The number of ether oxygens (including phenoxy) is 1. The van der Waals surface area contributed by atoms with Crippen LogP contribution >= 0.6 is 0 Å². The summed E-state index contributed by atoms with van der Waals surface area (Å²) in [4.78, 5) is 47.9. The molecule has 248 valence electrons. The number of fused-ring (bicyclic) bond motifs is 1. The van der Waals surface area contributed by atoms with Crippen LogP contribution in [0.3, 0.4) is 0 Å². The largest absolute Gasteiger partial charge is 0.494 e. The minimum Gasteiger partial charge on any atom is -0.494 e. The van der Waals surface area contributed by atoms with Crippen molar-refractivity contribution in [3.8, 4) is 11.4 Å². The highest BCUT2D eigenvalue weighted by molar-refractivity contribution is 5.99. The lowest BCUT2D eigenvalue weighted by molar-refractivity contribution is -0.192. The fraction of sp³-hybridized carbons (Fsp3) is 0.281. The van der Waals surface area contributed by atoms with E-state index in [-0.39, 0.29) is 11.5 Å². The second-order valence-corrected chi connectivity index (χ2v) is 10.8. The van der Waals surface area contributed by atoms with E-state index in [2.05, 4.69) is 52.0 Å². The van der Waals surface area contributed by atoms with Crippen LogP contribution in [-0.4, -0.2) is 82.4 Å². The van der Waals surface area contributed by atoms with Crippen molar-refractivity contribution in [2.24, 2.45) is 0 Å². The molecule has 2 aromatic heterocycles. The number of carboxylic acid groups (broad SMARTS) is 1. The molecule has 1 aliphatic rings. The molecule has 5 rings (SSSR count). The maximum Gasteiger partial charge on any atom is 0.490 e.